The monoisotopic (exact) mass is 394 g/mol. The van der Waals surface area contributed by atoms with Crippen LogP contribution in [-0.2, 0) is 4.79 Å². The van der Waals surface area contributed by atoms with Crippen LogP contribution in [0.5, 0.6) is 0 Å². The van der Waals surface area contributed by atoms with Crippen molar-refractivity contribution < 1.29 is 9.18 Å². The van der Waals surface area contributed by atoms with Crippen molar-refractivity contribution in [3.05, 3.63) is 0 Å². The second kappa shape index (κ2) is 6.68. The molecular formula is C24H43FN2O. The fraction of sp³-hybridized carbons (Fsp3) is 0.958. The van der Waals surface area contributed by atoms with Crippen molar-refractivity contribution in [2.24, 2.45) is 22.7 Å². The Morgan fingerprint density at radius 1 is 1.00 bits per heavy atom. The normalized spacial score (nSPS) is 37.1. The first-order valence-corrected chi connectivity index (χ1v) is 11.3. The molecule has 6 atom stereocenters. The number of carbonyl (C=O) groups excluding carboxylic acids is 1. The van der Waals surface area contributed by atoms with Crippen molar-refractivity contribution in [3.8, 4) is 0 Å². The highest BCUT2D eigenvalue weighted by Gasteiger charge is 2.64. The molecule has 0 aromatic carbocycles. The summed E-state index contributed by atoms with van der Waals surface area (Å²) in [5, 5.41) is 0. The summed E-state index contributed by atoms with van der Waals surface area (Å²) in [6.07, 6.45) is 1.39. The number of nitrogens with zero attached hydrogens (tertiary/aromatic N) is 2. The van der Waals surface area contributed by atoms with Gasteiger partial charge in [-0.3, -0.25) is 9.69 Å². The first kappa shape index (κ1) is 22.1. The summed E-state index contributed by atoms with van der Waals surface area (Å²) in [7, 11) is 0. The molecule has 3 rings (SSSR count). The molecule has 3 fully saturated rings. The molecule has 2 aliphatic heterocycles. The van der Waals surface area contributed by atoms with Gasteiger partial charge in [0.15, 0.2) is 6.17 Å². The number of carbonyl (C=O) groups is 1. The van der Waals surface area contributed by atoms with Crippen molar-refractivity contribution >= 4 is 5.91 Å². The molecule has 1 amide bonds. The van der Waals surface area contributed by atoms with E-state index >= 15 is 0 Å². The lowest BCUT2D eigenvalue weighted by atomic mass is 9.75. The minimum Gasteiger partial charge on any atom is -0.334 e. The second-order valence-corrected chi connectivity index (χ2v) is 12.8. The third kappa shape index (κ3) is 3.63. The highest BCUT2D eigenvalue weighted by Crippen LogP contribution is 2.62. The molecule has 28 heavy (non-hydrogen) atoms. The predicted molar refractivity (Wildman–Crippen MR) is 114 cm³/mol. The molecule has 1 aliphatic carbocycles. The van der Waals surface area contributed by atoms with Gasteiger partial charge in [-0.05, 0) is 70.1 Å². The largest absolute Gasteiger partial charge is 0.334 e. The van der Waals surface area contributed by atoms with Gasteiger partial charge in [0.05, 0.1) is 0 Å². The maximum atomic E-state index is 14.4. The van der Waals surface area contributed by atoms with Gasteiger partial charge in [-0.2, -0.15) is 0 Å². The smallest absolute Gasteiger partial charge is 0.257 e. The fourth-order valence-corrected chi connectivity index (χ4v) is 6.59. The number of fused-ring (bicyclic) bond motifs is 1. The van der Waals surface area contributed by atoms with E-state index in [2.05, 4.69) is 60.3 Å². The molecule has 4 heteroatoms. The maximum Gasteiger partial charge on any atom is 0.257 e. The molecular weight excluding hydrogens is 351 g/mol. The Kier molecular flexibility index (Phi) is 5.27. The first-order chi connectivity index (χ1) is 12.6. The second-order valence-electron chi connectivity index (χ2n) is 12.8. The molecule has 0 aromatic rings. The van der Waals surface area contributed by atoms with Crippen molar-refractivity contribution in [1.29, 1.82) is 0 Å². The number of halogens is 1. The molecule has 0 aromatic heterocycles. The summed E-state index contributed by atoms with van der Waals surface area (Å²) in [5.74, 6) is 1.25. The third-order valence-electron chi connectivity index (χ3n) is 7.59. The van der Waals surface area contributed by atoms with Gasteiger partial charge in [0, 0.05) is 36.1 Å². The molecule has 2 saturated heterocycles. The van der Waals surface area contributed by atoms with E-state index in [-0.39, 0.29) is 34.4 Å². The standard InChI is InChI=1S/C24H43FN2O/c1-14(2)26-19(12-17(25)21(26)28)24(9,10)13-18-15-11-16(15)20(22(3,4)5)27(18)23(6,7)8/h14-20H,11-13H2,1-10H3. The number of likely N-dealkylation sites (tertiary alicyclic amines) is 2. The minimum absolute atomic E-state index is 0.0114. The highest BCUT2D eigenvalue weighted by atomic mass is 19.1. The van der Waals surface area contributed by atoms with Crippen molar-refractivity contribution in [1.82, 2.24) is 9.80 Å². The quantitative estimate of drug-likeness (QED) is 0.647. The fourth-order valence-electron chi connectivity index (χ4n) is 6.59. The summed E-state index contributed by atoms with van der Waals surface area (Å²) in [5.41, 5.74) is 0.260. The van der Waals surface area contributed by atoms with E-state index in [0.29, 0.717) is 18.5 Å². The Bertz CT molecular complexity index is 615. The number of piperidine rings is 1. The lowest BCUT2D eigenvalue weighted by Crippen LogP contribution is -2.57. The summed E-state index contributed by atoms with van der Waals surface area (Å²) in [6, 6.07) is 1.16. The minimum atomic E-state index is -1.33. The zero-order valence-corrected chi connectivity index (χ0v) is 19.8. The van der Waals surface area contributed by atoms with Crippen LogP contribution >= 0.6 is 0 Å². The molecule has 3 aliphatic rings. The lowest BCUT2D eigenvalue weighted by Gasteiger charge is -2.50. The average Bonchev–Trinajstić information content (AvgIpc) is 3.11. The Morgan fingerprint density at radius 3 is 2.04 bits per heavy atom. The molecule has 0 N–H and O–H groups in total. The van der Waals surface area contributed by atoms with Crippen LogP contribution in [0.3, 0.4) is 0 Å². The first-order valence-electron chi connectivity index (χ1n) is 11.3. The SMILES string of the molecule is CC(C)N1C(=O)C(F)CC1C(C)(C)CC1C2CC2C(C(C)(C)C)N1C(C)(C)C. The molecule has 3 nitrogen and oxygen atoms in total. The van der Waals surface area contributed by atoms with E-state index in [1.54, 1.807) is 0 Å². The highest BCUT2D eigenvalue weighted by molar-refractivity contribution is 5.83. The molecule has 0 spiro atoms. The summed E-state index contributed by atoms with van der Waals surface area (Å²) >= 11 is 0. The molecule has 0 bridgehead atoms. The van der Waals surface area contributed by atoms with Crippen LogP contribution in [0.1, 0.15) is 88.5 Å². The Morgan fingerprint density at radius 2 is 1.57 bits per heavy atom. The Balaban J connectivity index is 1.88. The Labute approximate surface area is 172 Å². The third-order valence-corrected chi connectivity index (χ3v) is 7.59. The topological polar surface area (TPSA) is 23.6 Å². The molecule has 162 valence electrons. The zero-order valence-electron chi connectivity index (χ0n) is 19.8. The number of amides is 1. The molecule has 0 radical (unpaired) electrons. The van der Waals surface area contributed by atoms with E-state index in [4.69, 9.17) is 0 Å². The average molecular weight is 395 g/mol. The van der Waals surface area contributed by atoms with Crippen LogP contribution in [0.4, 0.5) is 4.39 Å². The van der Waals surface area contributed by atoms with Gasteiger partial charge in [0.2, 0.25) is 0 Å². The summed E-state index contributed by atoms with van der Waals surface area (Å²) < 4.78 is 14.4. The maximum absolute atomic E-state index is 14.4. The number of alkyl halides is 1. The van der Waals surface area contributed by atoms with Crippen LogP contribution in [0.15, 0.2) is 0 Å². The van der Waals surface area contributed by atoms with Gasteiger partial charge in [-0.15, -0.1) is 0 Å². The van der Waals surface area contributed by atoms with Crippen LogP contribution < -0.4 is 0 Å². The number of rotatable bonds is 4. The van der Waals surface area contributed by atoms with Crippen LogP contribution in [0.25, 0.3) is 0 Å². The zero-order chi connectivity index (χ0) is 21.4. The summed E-state index contributed by atoms with van der Waals surface area (Å²) in [6.45, 7) is 22.7. The van der Waals surface area contributed by atoms with Crippen molar-refractivity contribution in [3.63, 3.8) is 0 Å². The van der Waals surface area contributed by atoms with Crippen molar-refractivity contribution in [2.45, 2.75) is 124 Å². The van der Waals surface area contributed by atoms with Crippen LogP contribution in [0, 0.1) is 22.7 Å². The van der Waals surface area contributed by atoms with Gasteiger partial charge in [-0.1, -0.05) is 34.6 Å². The molecule has 2 heterocycles. The van der Waals surface area contributed by atoms with Gasteiger partial charge >= 0.3 is 0 Å². The summed E-state index contributed by atoms with van der Waals surface area (Å²) in [4.78, 5) is 17.1. The molecule has 1 saturated carbocycles. The van der Waals surface area contributed by atoms with Gasteiger partial charge in [-0.25, -0.2) is 4.39 Å². The lowest BCUT2D eigenvalue weighted by molar-refractivity contribution is -0.136. The predicted octanol–water partition coefficient (Wildman–Crippen LogP) is 5.28. The van der Waals surface area contributed by atoms with E-state index < -0.39 is 6.17 Å². The van der Waals surface area contributed by atoms with Gasteiger partial charge in [0.25, 0.3) is 5.91 Å². The van der Waals surface area contributed by atoms with Crippen LogP contribution in [0.2, 0.25) is 0 Å². The van der Waals surface area contributed by atoms with Crippen molar-refractivity contribution in [2.75, 3.05) is 0 Å². The molecule has 6 unspecified atom stereocenters. The van der Waals surface area contributed by atoms with Crippen LogP contribution in [-0.4, -0.2) is 51.6 Å². The van der Waals surface area contributed by atoms with E-state index in [1.807, 2.05) is 18.7 Å². The number of hydrogen-bond acceptors (Lipinski definition) is 2. The van der Waals surface area contributed by atoms with E-state index in [9.17, 15) is 9.18 Å². The van der Waals surface area contributed by atoms with Gasteiger partial charge in [0.1, 0.15) is 0 Å². The van der Waals surface area contributed by atoms with Gasteiger partial charge < -0.3 is 4.90 Å². The Hall–Kier alpha value is -0.640. The number of hydrogen-bond donors (Lipinski definition) is 0. The van der Waals surface area contributed by atoms with E-state index in [1.165, 1.54) is 6.42 Å². The van der Waals surface area contributed by atoms with E-state index in [0.717, 1.165) is 18.3 Å².